The Morgan fingerprint density at radius 1 is 1.40 bits per heavy atom. The van der Waals surface area contributed by atoms with E-state index in [1.54, 1.807) is 13.2 Å². The van der Waals surface area contributed by atoms with Gasteiger partial charge in [0.1, 0.15) is 5.82 Å². The van der Waals surface area contributed by atoms with E-state index in [1.807, 2.05) is 13.8 Å². The molecule has 0 unspecified atom stereocenters. The maximum atomic E-state index is 13.0. The Kier molecular flexibility index (Phi) is 3.52. The van der Waals surface area contributed by atoms with Crippen LogP contribution in [0.15, 0.2) is 18.2 Å². The van der Waals surface area contributed by atoms with Crippen LogP contribution in [0.25, 0.3) is 0 Å². The van der Waals surface area contributed by atoms with Crippen molar-refractivity contribution in [1.82, 2.24) is 0 Å². The van der Waals surface area contributed by atoms with Gasteiger partial charge in [0.25, 0.3) is 0 Å². The van der Waals surface area contributed by atoms with Crippen molar-refractivity contribution in [2.75, 3.05) is 24.8 Å². The fraction of sp³-hybridized carbons (Fsp3) is 0.455. The van der Waals surface area contributed by atoms with Crippen LogP contribution < -0.4 is 11.1 Å². The summed E-state index contributed by atoms with van der Waals surface area (Å²) >= 11 is 0. The Morgan fingerprint density at radius 3 is 2.60 bits per heavy atom. The molecule has 0 aromatic heterocycles. The van der Waals surface area contributed by atoms with Gasteiger partial charge in [-0.25, -0.2) is 4.39 Å². The van der Waals surface area contributed by atoms with Gasteiger partial charge in [0.2, 0.25) is 0 Å². The molecule has 0 spiro atoms. The molecule has 0 fully saturated rings. The first-order chi connectivity index (χ1) is 6.93. The van der Waals surface area contributed by atoms with Crippen LogP contribution in [-0.2, 0) is 4.74 Å². The first-order valence-electron chi connectivity index (χ1n) is 4.76. The maximum Gasteiger partial charge on any atom is 0.127 e. The Hall–Kier alpha value is -1.29. The lowest BCUT2D eigenvalue weighted by molar-refractivity contribution is 0.158. The fourth-order valence-electron chi connectivity index (χ4n) is 1.47. The van der Waals surface area contributed by atoms with E-state index in [0.717, 1.165) is 0 Å². The molecule has 0 amide bonds. The molecule has 0 saturated carbocycles. The van der Waals surface area contributed by atoms with Crippen LogP contribution >= 0.6 is 0 Å². The van der Waals surface area contributed by atoms with E-state index in [1.165, 1.54) is 12.1 Å². The molecule has 3 N–H and O–H groups in total. The number of nitrogens with two attached hydrogens (primary N) is 1. The highest BCUT2D eigenvalue weighted by atomic mass is 19.1. The summed E-state index contributed by atoms with van der Waals surface area (Å²) in [5.74, 6) is -0.342. The van der Waals surface area contributed by atoms with Crippen molar-refractivity contribution in [1.29, 1.82) is 0 Å². The predicted octanol–water partition coefficient (Wildman–Crippen LogP) is 2.24. The molecule has 15 heavy (non-hydrogen) atoms. The monoisotopic (exact) mass is 212 g/mol. The number of hydrogen-bond acceptors (Lipinski definition) is 3. The molecule has 1 aromatic carbocycles. The molecule has 0 aliphatic carbocycles. The molecule has 4 heteroatoms. The zero-order valence-corrected chi connectivity index (χ0v) is 9.30. The molecular weight excluding hydrogens is 195 g/mol. The molecule has 0 atom stereocenters. The summed E-state index contributed by atoms with van der Waals surface area (Å²) in [5.41, 5.74) is 6.36. The Morgan fingerprint density at radius 2 is 2.07 bits per heavy atom. The molecule has 0 aliphatic heterocycles. The zero-order chi connectivity index (χ0) is 11.5. The van der Waals surface area contributed by atoms with Gasteiger partial charge < -0.3 is 15.8 Å². The molecule has 1 aromatic rings. The molecule has 0 radical (unpaired) electrons. The van der Waals surface area contributed by atoms with Gasteiger partial charge in [-0.1, -0.05) is 0 Å². The quantitative estimate of drug-likeness (QED) is 0.752. The number of halogens is 1. The van der Waals surface area contributed by atoms with Crippen molar-refractivity contribution in [2.45, 2.75) is 19.4 Å². The Balaban J connectivity index is 2.80. The van der Waals surface area contributed by atoms with Crippen LogP contribution in [0.3, 0.4) is 0 Å². The summed E-state index contributed by atoms with van der Waals surface area (Å²) in [6.07, 6.45) is 0. The van der Waals surface area contributed by atoms with Gasteiger partial charge >= 0.3 is 0 Å². The summed E-state index contributed by atoms with van der Waals surface area (Å²) < 4.78 is 18.1. The highest BCUT2D eigenvalue weighted by Gasteiger charge is 2.17. The molecule has 0 heterocycles. The maximum absolute atomic E-state index is 13.0. The van der Waals surface area contributed by atoms with E-state index >= 15 is 0 Å². The average Bonchev–Trinajstić information content (AvgIpc) is 1.99. The molecular formula is C11H17FN2O. The Bertz CT molecular complexity index is 319. The largest absolute Gasteiger partial charge is 0.399 e. The molecule has 84 valence electrons. The Labute approximate surface area is 89.4 Å². The van der Waals surface area contributed by atoms with Crippen molar-refractivity contribution >= 4 is 11.4 Å². The van der Waals surface area contributed by atoms with Gasteiger partial charge in [0, 0.05) is 18.5 Å². The summed E-state index contributed by atoms with van der Waals surface area (Å²) in [7, 11) is 1.63. The van der Waals surface area contributed by atoms with Gasteiger partial charge in [-0.2, -0.15) is 0 Å². The topological polar surface area (TPSA) is 47.3 Å². The lowest BCUT2D eigenvalue weighted by Crippen LogP contribution is -2.35. The highest BCUT2D eigenvalue weighted by molar-refractivity contribution is 5.55. The van der Waals surface area contributed by atoms with Crippen molar-refractivity contribution in [3.63, 3.8) is 0 Å². The number of hydrogen-bond donors (Lipinski definition) is 2. The van der Waals surface area contributed by atoms with E-state index in [2.05, 4.69) is 5.32 Å². The summed E-state index contributed by atoms with van der Waals surface area (Å²) in [5, 5.41) is 3.16. The van der Waals surface area contributed by atoms with E-state index in [0.29, 0.717) is 18.0 Å². The number of methoxy groups -OCH3 is 1. The summed E-state index contributed by atoms with van der Waals surface area (Å²) in [6, 6.07) is 4.39. The number of ether oxygens (including phenoxy) is 1. The third kappa shape index (κ3) is 3.75. The minimum Gasteiger partial charge on any atom is -0.399 e. The van der Waals surface area contributed by atoms with Crippen molar-refractivity contribution < 1.29 is 9.13 Å². The van der Waals surface area contributed by atoms with Crippen molar-refractivity contribution in [3.8, 4) is 0 Å². The van der Waals surface area contributed by atoms with Crippen molar-refractivity contribution in [3.05, 3.63) is 24.0 Å². The second-order valence-electron chi connectivity index (χ2n) is 4.22. The smallest absolute Gasteiger partial charge is 0.127 e. The van der Waals surface area contributed by atoms with E-state index in [-0.39, 0.29) is 11.4 Å². The molecule has 0 saturated heterocycles. The predicted molar refractivity (Wildman–Crippen MR) is 60.4 cm³/mol. The minimum atomic E-state index is -0.342. The van der Waals surface area contributed by atoms with Crippen LogP contribution in [0.1, 0.15) is 13.8 Å². The van der Waals surface area contributed by atoms with Gasteiger partial charge in [-0.15, -0.1) is 0 Å². The minimum absolute atomic E-state index is 0.255. The van der Waals surface area contributed by atoms with Crippen LogP contribution in [0.2, 0.25) is 0 Å². The summed E-state index contributed by atoms with van der Waals surface area (Å²) in [4.78, 5) is 0. The number of rotatable bonds is 4. The second-order valence-corrected chi connectivity index (χ2v) is 4.22. The van der Waals surface area contributed by atoms with Crippen LogP contribution in [-0.4, -0.2) is 19.3 Å². The van der Waals surface area contributed by atoms with Crippen LogP contribution in [0.5, 0.6) is 0 Å². The lowest BCUT2D eigenvalue weighted by atomic mass is 10.1. The zero-order valence-electron chi connectivity index (χ0n) is 9.30. The van der Waals surface area contributed by atoms with Crippen LogP contribution in [0, 0.1) is 5.82 Å². The van der Waals surface area contributed by atoms with Gasteiger partial charge in [0.05, 0.1) is 12.1 Å². The molecule has 1 rings (SSSR count). The SMILES string of the molecule is COCC(C)(C)Nc1cc(N)cc(F)c1. The molecule has 0 aliphatic rings. The molecule has 3 nitrogen and oxygen atoms in total. The van der Waals surface area contributed by atoms with Crippen LogP contribution in [0.4, 0.5) is 15.8 Å². The standard InChI is InChI=1S/C11H17FN2O/c1-11(2,7-15-3)14-10-5-8(12)4-9(13)6-10/h4-6,14H,7,13H2,1-3H3. The first-order valence-corrected chi connectivity index (χ1v) is 4.76. The van der Waals surface area contributed by atoms with E-state index in [4.69, 9.17) is 10.5 Å². The fourth-order valence-corrected chi connectivity index (χ4v) is 1.47. The second kappa shape index (κ2) is 4.49. The normalized spacial score (nSPS) is 11.5. The summed E-state index contributed by atoms with van der Waals surface area (Å²) in [6.45, 7) is 4.47. The first kappa shape index (κ1) is 11.8. The van der Waals surface area contributed by atoms with E-state index in [9.17, 15) is 4.39 Å². The third-order valence-electron chi connectivity index (χ3n) is 1.91. The van der Waals surface area contributed by atoms with Gasteiger partial charge in [-0.3, -0.25) is 0 Å². The van der Waals surface area contributed by atoms with Gasteiger partial charge in [-0.05, 0) is 32.0 Å². The third-order valence-corrected chi connectivity index (χ3v) is 1.91. The molecule has 0 bridgehead atoms. The van der Waals surface area contributed by atoms with Crippen molar-refractivity contribution in [2.24, 2.45) is 0 Å². The lowest BCUT2D eigenvalue weighted by Gasteiger charge is -2.26. The highest BCUT2D eigenvalue weighted by Crippen LogP contribution is 2.19. The average molecular weight is 212 g/mol. The number of nitrogen functional groups attached to an aromatic ring is 1. The number of nitrogens with one attached hydrogen (secondary N) is 1. The van der Waals surface area contributed by atoms with Gasteiger partial charge in [0.15, 0.2) is 0 Å². The number of anilines is 2. The number of benzene rings is 1. The van der Waals surface area contributed by atoms with E-state index < -0.39 is 0 Å².